The van der Waals surface area contributed by atoms with Crippen LogP contribution in [0.15, 0.2) is 11.3 Å². The second-order valence-corrected chi connectivity index (χ2v) is 9.12. The van der Waals surface area contributed by atoms with Crippen LogP contribution in [0.25, 0.3) is 0 Å². The standard InChI is InChI=1S/C12H26OSi/c1-6-12(11-13-7-2)14(8-3,9-4)10-5/h6H,7-11H2,1-5H3/b12-6-. The molecule has 0 fully saturated rings. The minimum absolute atomic E-state index is 0.832. The van der Waals surface area contributed by atoms with E-state index in [1.165, 1.54) is 18.1 Å². The van der Waals surface area contributed by atoms with Gasteiger partial charge < -0.3 is 4.74 Å². The molecule has 0 atom stereocenters. The van der Waals surface area contributed by atoms with Gasteiger partial charge in [0.2, 0.25) is 0 Å². The molecule has 0 aliphatic rings. The van der Waals surface area contributed by atoms with E-state index in [2.05, 4.69) is 40.7 Å². The summed E-state index contributed by atoms with van der Waals surface area (Å²) < 4.78 is 5.56. The van der Waals surface area contributed by atoms with Crippen LogP contribution >= 0.6 is 0 Å². The van der Waals surface area contributed by atoms with E-state index in [4.69, 9.17) is 4.74 Å². The number of rotatable bonds is 7. The highest BCUT2D eigenvalue weighted by Crippen LogP contribution is 2.28. The van der Waals surface area contributed by atoms with E-state index in [1.54, 1.807) is 5.20 Å². The van der Waals surface area contributed by atoms with Crippen molar-refractivity contribution < 1.29 is 4.74 Å². The monoisotopic (exact) mass is 214 g/mol. The zero-order valence-corrected chi connectivity index (χ0v) is 11.5. The van der Waals surface area contributed by atoms with E-state index in [0.717, 1.165) is 13.2 Å². The van der Waals surface area contributed by atoms with Crippen LogP contribution < -0.4 is 0 Å². The van der Waals surface area contributed by atoms with Gasteiger partial charge in [0.15, 0.2) is 0 Å². The maximum atomic E-state index is 5.56. The van der Waals surface area contributed by atoms with E-state index in [0.29, 0.717) is 0 Å². The lowest BCUT2D eigenvalue weighted by Crippen LogP contribution is -2.36. The Morgan fingerprint density at radius 3 is 1.86 bits per heavy atom. The van der Waals surface area contributed by atoms with Crippen LogP contribution in [-0.4, -0.2) is 21.3 Å². The van der Waals surface area contributed by atoms with Gasteiger partial charge in [-0.1, -0.05) is 50.2 Å². The molecule has 0 heterocycles. The molecule has 0 saturated heterocycles. The van der Waals surface area contributed by atoms with Gasteiger partial charge >= 0.3 is 0 Å². The van der Waals surface area contributed by atoms with Crippen molar-refractivity contribution in [1.29, 1.82) is 0 Å². The first-order valence-corrected chi connectivity index (χ1v) is 8.56. The first kappa shape index (κ1) is 13.9. The Balaban J connectivity index is 4.59. The zero-order chi connectivity index (χ0) is 11.0. The molecule has 0 spiro atoms. The predicted molar refractivity (Wildman–Crippen MR) is 67.4 cm³/mol. The third-order valence-corrected chi connectivity index (χ3v) is 9.38. The van der Waals surface area contributed by atoms with Gasteiger partial charge in [-0.05, 0) is 13.8 Å². The van der Waals surface area contributed by atoms with Gasteiger partial charge in [0, 0.05) is 6.61 Å². The molecule has 84 valence electrons. The lowest BCUT2D eigenvalue weighted by Gasteiger charge is -2.31. The Bertz CT molecular complexity index is 163. The number of ether oxygens (including phenoxy) is 1. The Kier molecular flexibility index (Phi) is 7.20. The maximum Gasteiger partial charge on any atom is 0.0833 e. The average Bonchev–Trinajstić information content (AvgIpc) is 2.25. The molecule has 0 amide bonds. The van der Waals surface area contributed by atoms with Crippen LogP contribution in [-0.2, 0) is 4.74 Å². The highest BCUT2D eigenvalue weighted by Gasteiger charge is 2.30. The molecule has 0 aromatic carbocycles. The van der Waals surface area contributed by atoms with Crippen molar-refractivity contribution in [1.82, 2.24) is 0 Å². The van der Waals surface area contributed by atoms with E-state index in [9.17, 15) is 0 Å². The average molecular weight is 214 g/mol. The van der Waals surface area contributed by atoms with E-state index >= 15 is 0 Å². The Labute approximate surface area is 90.6 Å². The van der Waals surface area contributed by atoms with Crippen molar-refractivity contribution in [2.24, 2.45) is 0 Å². The van der Waals surface area contributed by atoms with Gasteiger partial charge in [0.25, 0.3) is 0 Å². The summed E-state index contributed by atoms with van der Waals surface area (Å²) in [5.41, 5.74) is 0. The van der Waals surface area contributed by atoms with E-state index in [-0.39, 0.29) is 0 Å². The highest BCUT2D eigenvalue weighted by molar-refractivity contribution is 6.86. The zero-order valence-electron chi connectivity index (χ0n) is 10.5. The van der Waals surface area contributed by atoms with Crippen molar-refractivity contribution in [3.05, 3.63) is 11.3 Å². The van der Waals surface area contributed by atoms with Crippen molar-refractivity contribution in [3.63, 3.8) is 0 Å². The molecule has 14 heavy (non-hydrogen) atoms. The first-order valence-electron chi connectivity index (χ1n) is 5.94. The molecule has 2 heteroatoms. The van der Waals surface area contributed by atoms with Gasteiger partial charge in [0.05, 0.1) is 14.7 Å². The summed E-state index contributed by atoms with van der Waals surface area (Å²) >= 11 is 0. The summed E-state index contributed by atoms with van der Waals surface area (Å²) in [5.74, 6) is 0. The topological polar surface area (TPSA) is 9.23 Å². The SMILES string of the molecule is C/C=C(/COCC)[Si](CC)(CC)CC. The molecule has 0 aromatic heterocycles. The largest absolute Gasteiger partial charge is 0.378 e. The smallest absolute Gasteiger partial charge is 0.0833 e. The number of hydrogen-bond donors (Lipinski definition) is 0. The van der Waals surface area contributed by atoms with E-state index < -0.39 is 8.07 Å². The molecular weight excluding hydrogens is 188 g/mol. The Morgan fingerprint density at radius 1 is 1.07 bits per heavy atom. The Hall–Kier alpha value is -0.0831. The summed E-state index contributed by atoms with van der Waals surface area (Å²) in [6.45, 7) is 13.0. The Morgan fingerprint density at radius 2 is 1.57 bits per heavy atom. The van der Waals surface area contributed by atoms with Crippen LogP contribution in [0.2, 0.25) is 18.1 Å². The molecule has 0 aliphatic heterocycles. The third kappa shape index (κ3) is 3.25. The molecule has 0 aliphatic carbocycles. The minimum atomic E-state index is -1.15. The molecule has 0 bridgehead atoms. The van der Waals surface area contributed by atoms with Gasteiger partial charge in [-0.2, -0.15) is 0 Å². The third-order valence-electron chi connectivity index (χ3n) is 3.52. The highest BCUT2D eigenvalue weighted by atomic mass is 28.3. The van der Waals surface area contributed by atoms with Gasteiger partial charge in [0.1, 0.15) is 0 Å². The van der Waals surface area contributed by atoms with Gasteiger partial charge in [-0.3, -0.25) is 0 Å². The van der Waals surface area contributed by atoms with E-state index in [1.807, 2.05) is 0 Å². The molecule has 1 nitrogen and oxygen atoms in total. The number of allylic oxidation sites excluding steroid dienone is 1. The molecule has 0 rings (SSSR count). The van der Waals surface area contributed by atoms with Crippen LogP contribution in [0.4, 0.5) is 0 Å². The summed E-state index contributed by atoms with van der Waals surface area (Å²) in [4.78, 5) is 0. The van der Waals surface area contributed by atoms with Gasteiger partial charge in [-0.15, -0.1) is 0 Å². The van der Waals surface area contributed by atoms with Crippen LogP contribution in [0.3, 0.4) is 0 Å². The van der Waals surface area contributed by atoms with Crippen LogP contribution in [0.5, 0.6) is 0 Å². The van der Waals surface area contributed by atoms with Crippen molar-refractivity contribution in [3.8, 4) is 0 Å². The molecule has 0 aromatic rings. The first-order chi connectivity index (χ1) is 6.70. The van der Waals surface area contributed by atoms with Crippen molar-refractivity contribution in [2.75, 3.05) is 13.2 Å². The molecule has 0 unspecified atom stereocenters. The lowest BCUT2D eigenvalue weighted by atomic mass is 10.5. The summed E-state index contributed by atoms with van der Waals surface area (Å²) in [7, 11) is -1.15. The van der Waals surface area contributed by atoms with Gasteiger partial charge in [-0.25, -0.2) is 0 Å². The summed E-state index contributed by atoms with van der Waals surface area (Å²) in [6, 6.07) is 4.06. The quantitative estimate of drug-likeness (QED) is 0.582. The number of hydrogen-bond acceptors (Lipinski definition) is 1. The van der Waals surface area contributed by atoms with Crippen LogP contribution in [0, 0.1) is 0 Å². The minimum Gasteiger partial charge on any atom is -0.378 e. The maximum absolute atomic E-state index is 5.56. The van der Waals surface area contributed by atoms with Crippen molar-refractivity contribution >= 4 is 8.07 Å². The second-order valence-electron chi connectivity index (χ2n) is 3.79. The normalized spacial score (nSPS) is 13.4. The summed E-state index contributed by atoms with van der Waals surface area (Å²) in [6.07, 6.45) is 2.30. The molecular formula is C12H26OSi. The fourth-order valence-corrected chi connectivity index (χ4v) is 6.07. The fourth-order valence-electron chi connectivity index (χ4n) is 2.19. The fraction of sp³-hybridized carbons (Fsp3) is 0.833. The molecule has 0 saturated carbocycles. The molecule has 0 radical (unpaired) electrons. The van der Waals surface area contributed by atoms with Crippen LogP contribution in [0.1, 0.15) is 34.6 Å². The molecule has 0 N–H and O–H groups in total. The summed E-state index contributed by atoms with van der Waals surface area (Å²) in [5, 5.41) is 1.62. The second kappa shape index (κ2) is 7.24. The van der Waals surface area contributed by atoms with Crippen molar-refractivity contribution in [2.45, 2.75) is 52.8 Å². The predicted octanol–water partition coefficient (Wildman–Crippen LogP) is 4.02. The lowest BCUT2D eigenvalue weighted by molar-refractivity contribution is 0.174.